The third-order valence-corrected chi connectivity index (χ3v) is 2.63. The molecule has 0 saturated carbocycles. The minimum Gasteiger partial charge on any atom is -0.497 e. The fourth-order valence-electron chi connectivity index (χ4n) is 1.57. The molecule has 0 amide bonds. The molecule has 0 saturated heterocycles. The fourth-order valence-corrected chi connectivity index (χ4v) is 1.57. The van der Waals surface area contributed by atoms with E-state index in [2.05, 4.69) is 4.98 Å². The zero-order valence-corrected chi connectivity index (χ0v) is 10.9. The van der Waals surface area contributed by atoms with Crippen LogP contribution in [-0.2, 0) is 11.3 Å². The summed E-state index contributed by atoms with van der Waals surface area (Å²) >= 11 is 0. The van der Waals surface area contributed by atoms with Gasteiger partial charge in [0.2, 0.25) is 5.95 Å². The Labute approximate surface area is 118 Å². The van der Waals surface area contributed by atoms with Crippen molar-refractivity contribution in [1.82, 2.24) is 4.98 Å². The van der Waals surface area contributed by atoms with Crippen LogP contribution in [0.25, 0.3) is 0 Å². The van der Waals surface area contributed by atoms with E-state index in [0.29, 0.717) is 17.4 Å². The van der Waals surface area contributed by atoms with Gasteiger partial charge in [-0.05, 0) is 17.7 Å². The van der Waals surface area contributed by atoms with Crippen LogP contribution in [0.15, 0.2) is 30.3 Å². The fraction of sp³-hybridized carbons (Fsp3) is 0.143. The Morgan fingerprint density at radius 3 is 2.48 bits per heavy atom. The van der Waals surface area contributed by atoms with Crippen LogP contribution in [0.1, 0.15) is 15.9 Å². The number of hydrogen-bond donors (Lipinski definition) is 0. The molecule has 0 unspecified atom stereocenters. The number of aromatic nitrogens is 1. The van der Waals surface area contributed by atoms with Crippen molar-refractivity contribution in [2.75, 3.05) is 7.11 Å². The van der Waals surface area contributed by atoms with Gasteiger partial charge in [0.1, 0.15) is 17.9 Å². The molecule has 0 fully saturated rings. The molecule has 4 nitrogen and oxygen atoms in total. The molecule has 21 heavy (non-hydrogen) atoms. The average Bonchev–Trinajstić information content (AvgIpc) is 2.49. The lowest BCUT2D eigenvalue weighted by molar-refractivity contribution is 0.0464. The van der Waals surface area contributed by atoms with Crippen LogP contribution in [0.3, 0.4) is 0 Å². The molecule has 0 bridgehead atoms. The Kier molecular flexibility index (Phi) is 4.42. The van der Waals surface area contributed by atoms with Gasteiger partial charge in [-0.25, -0.2) is 9.18 Å². The van der Waals surface area contributed by atoms with Gasteiger partial charge in [-0.3, -0.25) is 0 Å². The highest BCUT2D eigenvalue weighted by Gasteiger charge is 2.20. The number of methoxy groups -OCH3 is 1. The molecule has 0 radical (unpaired) electrons. The second kappa shape index (κ2) is 6.25. The first-order chi connectivity index (χ1) is 10.0. The summed E-state index contributed by atoms with van der Waals surface area (Å²) in [5.41, 5.74) is -0.229. The van der Waals surface area contributed by atoms with Crippen molar-refractivity contribution in [3.8, 4) is 5.75 Å². The Balaban J connectivity index is 2.08. The highest BCUT2D eigenvalue weighted by molar-refractivity contribution is 5.89. The quantitative estimate of drug-likeness (QED) is 0.643. The summed E-state index contributed by atoms with van der Waals surface area (Å²) in [6.07, 6.45) is 0. The topological polar surface area (TPSA) is 48.4 Å². The second-order valence-corrected chi connectivity index (χ2v) is 4.02. The highest BCUT2D eigenvalue weighted by Crippen LogP contribution is 2.15. The largest absolute Gasteiger partial charge is 0.497 e. The molecule has 110 valence electrons. The van der Waals surface area contributed by atoms with E-state index in [1.807, 2.05) is 0 Å². The van der Waals surface area contributed by atoms with Crippen LogP contribution in [0.2, 0.25) is 0 Å². The molecular weight excluding hydrogens is 287 g/mol. The van der Waals surface area contributed by atoms with Gasteiger partial charge in [-0.1, -0.05) is 12.1 Å². The normalized spacial score (nSPS) is 10.3. The maximum atomic E-state index is 13.3. The van der Waals surface area contributed by atoms with Crippen molar-refractivity contribution in [2.24, 2.45) is 0 Å². The second-order valence-electron chi connectivity index (χ2n) is 4.02. The van der Waals surface area contributed by atoms with E-state index in [0.717, 1.165) is 0 Å². The highest BCUT2D eigenvalue weighted by atomic mass is 19.2. The number of ether oxygens (including phenoxy) is 2. The third kappa shape index (κ3) is 3.50. The van der Waals surface area contributed by atoms with Gasteiger partial charge >= 0.3 is 5.97 Å². The molecule has 1 aromatic heterocycles. The molecule has 0 aliphatic carbocycles. The Morgan fingerprint density at radius 2 is 1.86 bits per heavy atom. The van der Waals surface area contributed by atoms with Crippen molar-refractivity contribution in [3.63, 3.8) is 0 Å². The van der Waals surface area contributed by atoms with Gasteiger partial charge < -0.3 is 9.47 Å². The molecular formula is C14H10F3NO3. The summed E-state index contributed by atoms with van der Waals surface area (Å²) in [6.45, 7) is -0.173. The van der Waals surface area contributed by atoms with Crippen molar-refractivity contribution in [1.29, 1.82) is 0 Å². The molecule has 1 aromatic carbocycles. The van der Waals surface area contributed by atoms with Crippen LogP contribution in [0.4, 0.5) is 13.2 Å². The molecule has 7 heteroatoms. The molecule has 1 heterocycles. The summed E-state index contributed by atoms with van der Waals surface area (Å²) in [6, 6.07) is 7.05. The van der Waals surface area contributed by atoms with Gasteiger partial charge in [0.05, 0.1) is 7.11 Å². The van der Waals surface area contributed by atoms with Crippen LogP contribution < -0.4 is 4.74 Å². The summed E-state index contributed by atoms with van der Waals surface area (Å²) in [5, 5.41) is 0. The first kappa shape index (κ1) is 14.8. The van der Waals surface area contributed by atoms with E-state index in [-0.39, 0.29) is 6.61 Å². The van der Waals surface area contributed by atoms with Gasteiger partial charge in [-0.2, -0.15) is 13.8 Å². The zero-order valence-electron chi connectivity index (χ0n) is 10.9. The summed E-state index contributed by atoms with van der Waals surface area (Å²) in [7, 11) is 1.50. The number of rotatable bonds is 4. The van der Waals surface area contributed by atoms with Crippen molar-refractivity contribution < 1.29 is 27.4 Å². The molecule has 2 aromatic rings. The van der Waals surface area contributed by atoms with Crippen LogP contribution >= 0.6 is 0 Å². The van der Waals surface area contributed by atoms with E-state index in [9.17, 15) is 18.0 Å². The van der Waals surface area contributed by atoms with Gasteiger partial charge in [0.25, 0.3) is 5.95 Å². The number of halogens is 3. The Hall–Kier alpha value is -2.57. The van der Waals surface area contributed by atoms with Crippen molar-refractivity contribution >= 4 is 5.97 Å². The maximum absolute atomic E-state index is 13.3. The lowest BCUT2D eigenvalue weighted by atomic mass is 10.2. The Morgan fingerprint density at radius 1 is 1.19 bits per heavy atom. The van der Waals surface area contributed by atoms with E-state index < -0.39 is 29.2 Å². The van der Waals surface area contributed by atoms with E-state index in [1.54, 1.807) is 24.3 Å². The van der Waals surface area contributed by atoms with E-state index >= 15 is 0 Å². The number of pyridine rings is 1. The number of esters is 1. The zero-order chi connectivity index (χ0) is 15.4. The van der Waals surface area contributed by atoms with Gasteiger partial charge in [0, 0.05) is 6.07 Å². The Bertz CT molecular complexity index is 659. The molecule has 0 spiro atoms. The molecule has 0 atom stereocenters. The molecule has 0 aliphatic rings. The van der Waals surface area contributed by atoms with E-state index in [1.165, 1.54) is 7.11 Å². The SMILES string of the molecule is COc1ccc(COC(=O)c2cc(F)nc(F)c2F)cc1. The van der Waals surface area contributed by atoms with Crippen LogP contribution in [0.5, 0.6) is 5.75 Å². The summed E-state index contributed by atoms with van der Waals surface area (Å²) in [4.78, 5) is 14.2. The van der Waals surface area contributed by atoms with Crippen LogP contribution in [0, 0.1) is 17.7 Å². The number of hydrogen-bond acceptors (Lipinski definition) is 4. The lowest BCUT2D eigenvalue weighted by Crippen LogP contribution is -2.11. The first-order valence-corrected chi connectivity index (χ1v) is 5.83. The first-order valence-electron chi connectivity index (χ1n) is 5.83. The molecule has 0 N–H and O–H groups in total. The maximum Gasteiger partial charge on any atom is 0.341 e. The predicted molar refractivity (Wildman–Crippen MR) is 66.2 cm³/mol. The number of benzene rings is 1. The summed E-state index contributed by atoms with van der Waals surface area (Å²) in [5.74, 6) is -5.09. The predicted octanol–water partition coefficient (Wildman–Crippen LogP) is 2.86. The standard InChI is InChI=1S/C14H10F3NO3/c1-20-9-4-2-8(3-5-9)7-21-14(19)10-6-11(15)18-13(17)12(10)16/h2-6H,7H2,1H3. The van der Waals surface area contributed by atoms with E-state index in [4.69, 9.17) is 9.47 Å². The number of carbonyl (C=O) groups excluding carboxylic acids is 1. The lowest BCUT2D eigenvalue weighted by Gasteiger charge is -2.07. The monoisotopic (exact) mass is 297 g/mol. The van der Waals surface area contributed by atoms with Crippen molar-refractivity contribution in [2.45, 2.75) is 6.61 Å². The minimum atomic E-state index is -1.69. The molecule has 0 aliphatic heterocycles. The van der Waals surface area contributed by atoms with Gasteiger partial charge in [0.15, 0.2) is 5.82 Å². The van der Waals surface area contributed by atoms with Gasteiger partial charge in [-0.15, -0.1) is 0 Å². The smallest absolute Gasteiger partial charge is 0.341 e. The average molecular weight is 297 g/mol. The molecule has 2 rings (SSSR count). The van der Waals surface area contributed by atoms with Crippen molar-refractivity contribution in [3.05, 3.63) is 59.2 Å². The number of nitrogens with zero attached hydrogens (tertiary/aromatic N) is 1. The number of carbonyl (C=O) groups is 1. The van der Waals surface area contributed by atoms with Crippen LogP contribution in [-0.4, -0.2) is 18.1 Å². The summed E-state index contributed by atoms with van der Waals surface area (Å²) < 4.78 is 48.9. The third-order valence-electron chi connectivity index (χ3n) is 2.63. The minimum absolute atomic E-state index is 0.173.